The van der Waals surface area contributed by atoms with Crippen molar-refractivity contribution >= 4 is 5.91 Å². The van der Waals surface area contributed by atoms with Gasteiger partial charge in [-0.2, -0.15) is 0 Å². The third-order valence-electron chi connectivity index (χ3n) is 2.85. The van der Waals surface area contributed by atoms with Crippen LogP contribution in [0.15, 0.2) is 40.9 Å². The summed E-state index contributed by atoms with van der Waals surface area (Å²) >= 11 is 0. The second-order valence-electron chi connectivity index (χ2n) is 4.20. The minimum Gasteiger partial charge on any atom is -0.394 e. The number of amides is 1. The van der Waals surface area contributed by atoms with Crippen LogP contribution in [0.4, 0.5) is 0 Å². The van der Waals surface area contributed by atoms with Gasteiger partial charge < -0.3 is 14.9 Å². The zero-order chi connectivity index (χ0) is 13.7. The molecule has 1 aromatic carbocycles. The molecule has 1 amide bonds. The van der Waals surface area contributed by atoms with Crippen LogP contribution in [0.2, 0.25) is 0 Å². The molecule has 0 saturated heterocycles. The van der Waals surface area contributed by atoms with Crippen LogP contribution in [0.25, 0.3) is 11.3 Å². The number of nitrogens with zero attached hydrogens (tertiary/aromatic N) is 1. The van der Waals surface area contributed by atoms with Gasteiger partial charge in [0.2, 0.25) is 5.76 Å². The van der Waals surface area contributed by atoms with E-state index in [1.807, 2.05) is 37.3 Å². The van der Waals surface area contributed by atoms with Crippen LogP contribution >= 0.6 is 0 Å². The van der Waals surface area contributed by atoms with E-state index in [0.717, 1.165) is 5.56 Å². The molecule has 1 atom stereocenters. The fourth-order valence-corrected chi connectivity index (χ4v) is 1.66. The van der Waals surface area contributed by atoms with Crippen molar-refractivity contribution in [1.29, 1.82) is 0 Å². The van der Waals surface area contributed by atoms with Crippen LogP contribution in [-0.2, 0) is 0 Å². The summed E-state index contributed by atoms with van der Waals surface area (Å²) in [5, 5.41) is 15.6. The van der Waals surface area contributed by atoms with Crippen LogP contribution in [-0.4, -0.2) is 28.8 Å². The highest BCUT2D eigenvalue weighted by Crippen LogP contribution is 2.18. The summed E-state index contributed by atoms with van der Waals surface area (Å²) in [5.74, 6) is -0.221. The van der Waals surface area contributed by atoms with Crippen LogP contribution in [0, 0.1) is 0 Å². The number of aliphatic hydroxyl groups is 1. The average molecular weight is 260 g/mol. The van der Waals surface area contributed by atoms with Gasteiger partial charge in [0.25, 0.3) is 5.91 Å². The molecule has 0 fully saturated rings. The molecule has 0 spiro atoms. The third-order valence-corrected chi connectivity index (χ3v) is 2.85. The van der Waals surface area contributed by atoms with E-state index in [4.69, 9.17) is 9.63 Å². The van der Waals surface area contributed by atoms with E-state index in [-0.39, 0.29) is 24.3 Å². The SMILES string of the molecule is CC[C@H](CO)NC(=O)c1cc(-c2ccccc2)no1. The average Bonchev–Trinajstić information content (AvgIpc) is 2.95. The van der Waals surface area contributed by atoms with E-state index in [9.17, 15) is 4.79 Å². The maximum atomic E-state index is 11.9. The molecule has 0 saturated carbocycles. The molecule has 2 N–H and O–H groups in total. The number of aromatic nitrogens is 1. The maximum Gasteiger partial charge on any atom is 0.290 e. The Kier molecular flexibility index (Phi) is 4.30. The lowest BCUT2D eigenvalue weighted by Gasteiger charge is -2.11. The summed E-state index contributed by atoms with van der Waals surface area (Å²) in [6, 6.07) is 10.8. The predicted octanol–water partition coefficient (Wildman–Crippen LogP) is 1.84. The van der Waals surface area contributed by atoms with Crippen molar-refractivity contribution in [2.45, 2.75) is 19.4 Å². The minimum absolute atomic E-state index is 0.0953. The number of nitrogens with one attached hydrogen (secondary N) is 1. The molecule has 1 heterocycles. The Morgan fingerprint density at radius 2 is 2.16 bits per heavy atom. The van der Waals surface area contributed by atoms with E-state index in [0.29, 0.717) is 12.1 Å². The zero-order valence-corrected chi connectivity index (χ0v) is 10.7. The molecule has 0 radical (unpaired) electrons. The van der Waals surface area contributed by atoms with E-state index in [1.54, 1.807) is 6.07 Å². The van der Waals surface area contributed by atoms with Gasteiger partial charge in [-0.3, -0.25) is 4.79 Å². The summed E-state index contributed by atoms with van der Waals surface area (Å²) in [7, 11) is 0. The van der Waals surface area contributed by atoms with Crippen molar-refractivity contribution in [2.24, 2.45) is 0 Å². The van der Waals surface area contributed by atoms with Gasteiger partial charge in [-0.25, -0.2) is 0 Å². The number of hydrogen-bond donors (Lipinski definition) is 2. The molecule has 0 aliphatic heterocycles. The van der Waals surface area contributed by atoms with Gasteiger partial charge in [0.1, 0.15) is 5.69 Å². The van der Waals surface area contributed by atoms with Gasteiger partial charge in [0.15, 0.2) is 0 Å². The standard InChI is InChI=1S/C14H16N2O3/c1-2-11(9-17)15-14(18)13-8-12(16-19-13)10-6-4-3-5-7-10/h3-8,11,17H,2,9H2,1H3,(H,15,18)/t11-/m1/s1. The molecular weight excluding hydrogens is 244 g/mol. The van der Waals surface area contributed by atoms with Crippen LogP contribution in [0.1, 0.15) is 23.9 Å². The van der Waals surface area contributed by atoms with Gasteiger partial charge in [0.05, 0.1) is 12.6 Å². The smallest absolute Gasteiger partial charge is 0.290 e. The molecule has 5 nitrogen and oxygen atoms in total. The predicted molar refractivity (Wildman–Crippen MR) is 70.6 cm³/mol. The topological polar surface area (TPSA) is 75.4 Å². The normalized spacial score (nSPS) is 12.1. The lowest BCUT2D eigenvalue weighted by atomic mass is 10.1. The fourth-order valence-electron chi connectivity index (χ4n) is 1.66. The first-order chi connectivity index (χ1) is 9.24. The van der Waals surface area contributed by atoms with Gasteiger partial charge in [-0.15, -0.1) is 0 Å². The zero-order valence-electron chi connectivity index (χ0n) is 10.7. The van der Waals surface area contributed by atoms with Crippen LogP contribution in [0.5, 0.6) is 0 Å². The first-order valence-electron chi connectivity index (χ1n) is 6.18. The third kappa shape index (κ3) is 3.20. The summed E-state index contributed by atoms with van der Waals surface area (Å²) in [5.41, 5.74) is 1.50. The van der Waals surface area contributed by atoms with Crippen molar-refractivity contribution in [3.8, 4) is 11.3 Å². The number of carbonyl (C=O) groups excluding carboxylic acids is 1. The number of aliphatic hydroxyl groups excluding tert-OH is 1. The maximum absolute atomic E-state index is 11.9. The summed E-state index contributed by atoms with van der Waals surface area (Å²) in [6.45, 7) is 1.79. The van der Waals surface area contributed by atoms with Crippen LogP contribution in [0.3, 0.4) is 0 Å². The van der Waals surface area contributed by atoms with Gasteiger partial charge in [-0.1, -0.05) is 42.4 Å². The highest BCUT2D eigenvalue weighted by Gasteiger charge is 2.16. The molecule has 0 aliphatic carbocycles. The van der Waals surface area contributed by atoms with Crippen LogP contribution < -0.4 is 5.32 Å². The second kappa shape index (κ2) is 6.15. The summed E-state index contributed by atoms with van der Waals surface area (Å²) < 4.78 is 5.03. The molecule has 2 rings (SSSR count). The first-order valence-corrected chi connectivity index (χ1v) is 6.18. The van der Waals surface area contributed by atoms with Crippen molar-refractivity contribution in [2.75, 3.05) is 6.61 Å². The second-order valence-corrected chi connectivity index (χ2v) is 4.20. The number of rotatable bonds is 5. The lowest BCUT2D eigenvalue weighted by Crippen LogP contribution is -2.36. The highest BCUT2D eigenvalue weighted by atomic mass is 16.5. The molecule has 2 aromatic rings. The highest BCUT2D eigenvalue weighted by molar-refractivity contribution is 5.92. The molecule has 0 unspecified atom stereocenters. The number of benzene rings is 1. The van der Waals surface area contributed by atoms with Crippen molar-refractivity contribution < 1.29 is 14.4 Å². The number of hydrogen-bond acceptors (Lipinski definition) is 4. The molecule has 100 valence electrons. The lowest BCUT2D eigenvalue weighted by molar-refractivity contribution is 0.0878. The largest absolute Gasteiger partial charge is 0.394 e. The van der Waals surface area contributed by atoms with E-state index < -0.39 is 0 Å². The quantitative estimate of drug-likeness (QED) is 0.860. The molecular formula is C14H16N2O3. The Labute approximate surface area is 111 Å². The van der Waals surface area contributed by atoms with E-state index >= 15 is 0 Å². The monoisotopic (exact) mass is 260 g/mol. The minimum atomic E-state index is -0.365. The Morgan fingerprint density at radius 3 is 2.79 bits per heavy atom. The van der Waals surface area contributed by atoms with Crippen molar-refractivity contribution in [3.05, 3.63) is 42.2 Å². The van der Waals surface area contributed by atoms with E-state index in [1.165, 1.54) is 0 Å². The molecule has 19 heavy (non-hydrogen) atoms. The van der Waals surface area contributed by atoms with Gasteiger partial charge >= 0.3 is 0 Å². The molecule has 5 heteroatoms. The molecule has 0 aliphatic rings. The first kappa shape index (κ1) is 13.3. The Hall–Kier alpha value is -2.14. The van der Waals surface area contributed by atoms with Gasteiger partial charge in [-0.05, 0) is 6.42 Å². The fraction of sp³-hybridized carbons (Fsp3) is 0.286. The van der Waals surface area contributed by atoms with Crippen molar-refractivity contribution in [3.63, 3.8) is 0 Å². The Bertz CT molecular complexity index is 533. The summed E-state index contributed by atoms with van der Waals surface area (Å²) in [4.78, 5) is 11.9. The van der Waals surface area contributed by atoms with Crippen molar-refractivity contribution in [1.82, 2.24) is 10.5 Å². The summed E-state index contributed by atoms with van der Waals surface area (Å²) in [6.07, 6.45) is 0.655. The molecule has 1 aromatic heterocycles. The Balaban J connectivity index is 2.11. The van der Waals surface area contributed by atoms with E-state index in [2.05, 4.69) is 10.5 Å². The van der Waals surface area contributed by atoms with Gasteiger partial charge in [0, 0.05) is 11.6 Å². The molecule has 0 bridgehead atoms. The number of carbonyl (C=O) groups is 1. The Morgan fingerprint density at radius 1 is 1.42 bits per heavy atom.